The number of Topliss-reactive ketones (excluding diaryl/α,β-unsaturated/α-hetero) is 1. The van der Waals surface area contributed by atoms with Crippen LogP contribution in [0, 0.1) is 11.3 Å². The molecule has 23 heavy (non-hydrogen) atoms. The zero-order valence-electron chi connectivity index (χ0n) is 12.1. The Bertz CT molecular complexity index is 836. The molecule has 0 aromatic heterocycles. The molecule has 5 heteroatoms. The van der Waals surface area contributed by atoms with Crippen molar-refractivity contribution in [3.05, 3.63) is 88.1 Å². The molecule has 0 radical (unpaired) electrons. The molecule has 0 unspecified atom stereocenters. The van der Waals surface area contributed by atoms with Crippen LogP contribution in [0.5, 0.6) is 0 Å². The van der Waals surface area contributed by atoms with Gasteiger partial charge >= 0.3 is 0 Å². The lowest BCUT2D eigenvalue weighted by atomic mass is 10.1. The van der Waals surface area contributed by atoms with Gasteiger partial charge in [-0.05, 0) is 12.1 Å². The lowest BCUT2D eigenvalue weighted by molar-refractivity contribution is 0.103. The first-order valence-electron chi connectivity index (χ1n) is 6.94. The van der Waals surface area contributed by atoms with Gasteiger partial charge in [0.15, 0.2) is 0 Å². The molecule has 1 aliphatic heterocycles. The largest absolute Gasteiger partial charge is 0.384 e. The first-order chi connectivity index (χ1) is 11.2. The summed E-state index contributed by atoms with van der Waals surface area (Å²) in [5.74, 6) is 0.185. The highest BCUT2D eigenvalue weighted by molar-refractivity contribution is 8.06. The Kier molecular flexibility index (Phi) is 4.18. The summed E-state index contributed by atoms with van der Waals surface area (Å²) in [7, 11) is 0. The molecule has 1 aliphatic rings. The van der Waals surface area contributed by atoms with Gasteiger partial charge in [0, 0.05) is 16.7 Å². The van der Waals surface area contributed by atoms with Gasteiger partial charge in [-0.15, -0.1) is 0 Å². The van der Waals surface area contributed by atoms with E-state index in [9.17, 15) is 10.1 Å². The van der Waals surface area contributed by atoms with E-state index in [1.54, 1.807) is 34.6 Å². The van der Waals surface area contributed by atoms with E-state index < -0.39 is 0 Å². The molecule has 0 spiro atoms. The number of nitrogens with zero attached hydrogens (tertiary/aromatic N) is 2. The molecule has 112 valence electrons. The number of hydrogen-bond acceptors (Lipinski definition) is 5. The van der Waals surface area contributed by atoms with Crippen LogP contribution in [0.25, 0.3) is 0 Å². The summed E-state index contributed by atoms with van der Waals surface area (Å²) in [6, 6.07) is 20.2. The van der Waals surface area contributed by atoms with E-state index >= 15 is 0 Å². The topological polar surface area (TPSA) is 70.1 Å². The second-order valence-corrected chi connectivity index (χ2v) is 5.68. The highest BCUT2D eigenvalue weighted by Crippen LogP contribution is 2.39. The summed E-state index contributed by atoms with van der Waals surface area (Å²) < 4.78 is 0. The molecule has 0 saturated carbocycles. The van der Waals surface area contributed by atoms with Gasteiger partial charge in [-0.1, -0.05) is 60.3 Å². The minimum atomic E-state index is -0.306. The summed E-state index contributed by atoms with van der Waals surface area (Å²) in [6.07, 6.45) is 0. The van der Waals surface area contributed by atoms with Crippen molar-refractivity contribution < 1.29 is 4.79 Å². The predicted octanol–water partition coefficient (Wildman–Crippen LogP) is 3.62. The number of ketones is 1. The van der Waals surface area contributed by atoms with Gasteiger partial charge in [-0.3, -0.25) is 9.69 Å². The zero-order chi connectivity index (χ0) is 16.2. The average Bonchev–Trinajstić information content (AvgIpc) is 2.98. The molecule has 0 amide bonds. The number of hydrogen-bond donors (Lipinski definition) is 1. The van der Waals surface area contributed by atoms with E-state index in [0.717, 1.165) is 5.69 Å². The monoisotopic (exact) mass is 319 g/mol. The highest BCUT2D eigenvalue weighted by atomic mass is 32.2. The van der Waals surface area contributed by atoms with Crippen LogP contribution in [0.4, 0.5) is 5.69 Å². The lowest BCUT2D eigenvalue weighted by Crippen LogP contribution is -2.24. The van der Waals surface area contributed by atoms with Crippen LogP contribution in [0.1, 0.15) is 10.4 Å². The van der Waals surface area contributed by atoms with Crippen molar-refractivity contribution in [2.75, 3.05) is 4.90 Å². The number of benzene rings is 2. The van der Waals surface area contributed by atoms with Gasteiger partial charge in [0.2, 0.25) is 5.78 Å². The highest BCUT2D eigenvalue weighted by Gasteiger charge is 2.28. The predicted molar refractivity (Wildman–Crippen MR) is 92.2 cm³/mol. The van der Waals surface area contributed by atoms with E-state index in [-0.39, 0.29) is 11.4 Å². The molecule has 2 aromatic carbocycles. The van der Waals surface area contributed by atoms with Crippen LogP contribution in [-0.2, 0) is 0 Å². The molecule has 0 atom stereocenters. The second kappa shape index (κ2) is 6.42. The smallest absolute Gasteiger partial charge is 0.206 e. The zero-order valence-corrected chi connectivity index (χ0v) is 13.0. The first-order valence-corrected chi connectivity index (χ1v) is 7.82. The maximum atomic E-state index is 12.7. The maximum Gasteiger partial charge on any atom is 0.206 e. The Morgan fingerprint density at radius 3 is 2.26 bits per heavy atom. The van der Waals surface area contributed by atoms with Gasteiger partial charge in [0.05, 0.1) is 0 Å². The number of para-hydroxylation sites is 1. The molecule has 2 aromatic rings. The van der Waals surface area contributed by atoms with Crippen molar-refractivity contribution >= 4 is 23.2 Å². The number of rotatable bonds is 3. The van der Waals surface area contributed by atoms with Crippen LogP contribution >= 0.6 is 11.8 Å². The van der Waals surface area contributed by atoms with Crippen LogP contribution < -0.4 is 10.6 Å². The molecule has 0 saturated heterocycles. The fourth-order valence-electron chi connectivity index (χ4n) is 2.28. The van der Waals surface area contributed by atoms with Crippen molar-refractivity contribution in [3.8, 4) is 6.07 Å². The number of thioether (sulfide) groups is 1. The van der Waals surface area contributed by atoms with Crippen molar-refractivity contribution in [1.82, 2.24) is 0 Å². The van der Waals surface area contributed by atoms with E-state index in [4.69, 9.17) is 5.73 Å². The molecular weight excluding hydrogens is 306 g/mol. The molecule has 0 bridgehead atoms. The second-order valence-electron chi connectivity index (χ2n) is 4.82. The number of anilines is 1. The fourth-order valence-corrected chi connectivity index (χ4v) is 3.19. The number of carbonyl (C=O) groups excluding carboxylic acids is 1. The van der Waals surface area contributed by atoms with Crippen molar-refractivity contribution in [2.45, 2.75) is 0 Å². The van der Waals surface area contributed by atoms with Crippen LogP contribution in [0.2, 0.25) is 0 Å². The number of nitrogens with two attached hydrogens (primary N) is 1. The molecule has 2 N–H and O–H groups in total. The summed E-state index contributed by atoms with van der Waals surface area (Å²) in [5, 5.41) is 11.8. The minimum absolute atomic E-state index is 0.0850. The quantitative estimate of drug-likeness (QED) is 0.531. The van der Waals surface area contributed by atoms with Crippen LogP contribution in [0.15, 0.2) is 82.5 Å². The Morgan fingerprint density at radius 1 is 1.04 bits per heavy atom. The van der Waals surface area contributed by atoms with Gasteiger partial charge in [0.25, 0.3) is 0 Å². The average molecular weight is 319 g/mol. The van der Waals surface area contributed by atoms with Crippen LogP contribution in [-0.4, -0.2) is 5.78 Å². The lowest BCUT2D eigenvalue weighted by Gasteiger charge is -2.21. The molecule has 4 nitrogen and oxygen atoms in total. The van der Waals surface area contributed by atoms with E-state index in [0.29, 0.717) is 16.4 Å². The van der Waals surface area contributed by atoms with Crippen LogP contribution in [0.3, 0.4) is 0 Å². The first kappa shape index (κ1) is 14.9. The van der Waals surface area contributed by atoms with E-state index in [2.05, 4.69) is 0 Å². The molecular formula is C18H13N3OS. The van der Waals surface area contributed by atoms with E-state index in [1.165, 1.54) is 11.8 Å². The fraction of sp³-hybridized carbons (Fsp3) is 0. The Labute approximate surface area is 138 Å². The third kappa shape index (κ3) is 2.85. The maximum absolute atomic E-state index is 12.7. The SMILES string of the molecule is N#C/C(C(=O)c1ccccc1)=C1\SC=C(N)N1c1ccccc1. The number of allylic oxidation sites excluding steroid dienone is 1. The summed E-state index contributed by atoms with van der Waals surface area (Å²) in [5.41, 5.74) is 7.43. The Morgan fingerprint density at radius 2 is 1.65 bits per heavy atom. The number of nitriles is 1. The van der Waals surface area contributed by atoms with Crippen molar-refractivity contribution in [1.29, 1.82) is 5.26 Å². The Hall–Kier alpha value is -2.97. The normalized spacial score (nSPS) is 15.8. The standard InChI is InChI=1S/C18H13N3OS/c19-11-15(17(22)13-7-3-1-4-8-13)18-21(16(20)12-23-18)14-9-5-2-6-10-14/h1-10,12H,20H2/b18-15+. The van der Waals surface area contributed by atoms with Crippen molar-refractivity contribution in [2.24, 2.45) is 5.73 Å². The Balaban J connectivity index is 2.08. The molecule has 3 rings (SSSR count). The van der Waals surface area contributed by atoms with Crippen molar-refractivity contribution in [3.63, 3.8) is 0 Å². The number of carbonyl (C=O) groups is 1. The third-order valence-electron chi connectivity index (χ3n) is 3.36. The van der Waals surface area contributed by atoms with Gasteiger partial charge in [0.1, 0.15) is 22.5 Å². The summed E-state index contributed by atoms with van der Waals surface area (Å²) in [4.78, 5) is 14.4. The van der Waals surface area contributed by atoms with Gasteiger partial charge in [-0.2, -0.15) is 5.26 Å². The molecule has 0 fully saturated rings. The summed E-state index contributed by atoms with van der Waals surface area (Å²) in [6.45, 7) is 0. The molecule has 0 aliphatic carbocycles. The van der Waals surface area contributed by atoms with Gasteiger partial charge < -0.3 is 5.73 Å². The minimum Gasteiger partial charge on any atom is -0.384 e. The van der Waals surface area contributed by atoms with E-state index in [1.807, 2.05) is 42.5 Å². The summed E-state index contributed by atoms with van der Waals surface area (Å²) >= 11 is 1.28. The third-order valence-corrected chi connectivity index (χ3v) is 4.32. The molecule has 1 heterocycles. The van der Waals surface area contributed by atoms with Gasteiger partial charge in [-0.25, -0.2) is 0 Å².